The molecule has 1 unspecified atom stereocenters. The predicted octanol–water partition coefficient (Wildman–Crippen LogP) is 1.93. The van der Waals surface area contributed by atoms with E-state index in [1.54, 1.807) is 0 Å². The Morgan fingerprint density at radius 3 is 2.67 bits per heavy atom. The Kier molecular flexibility index (Phi) is 2.73. The third-order valence-electron chi connectivity index (χ3n) is 2.28. The first-order chi connectivity index (χ1) is 5.59. The SMILES string of the molecule is CCC1=CC(C)(CC)NC(=S)N1. The molecule has 1 rings (SSSR count). The van der Waals surface area contributed by atoms with Crippen LogP contribution in [0.4, 0.5) is 0 Å². The number of rotatable bonds is 2. The third-order valence-corrected chi connectivity index (χ3v) is 2.49. The molecule has 0 aromatic rings. The van der Waals surface area contributed by atoms with Crippen LogP contribution in [0.25, 0.3) is 0 Å². The number of thiocarbonyl (C=S) groups is 1. The molecule has 1 aliphatic heterocycles. The average molecular weight is 184 g/mol. The normalized spacial score (nSPS) is 28.9. The molecule has 68 valence electrons. The van der Waals surface area contributed by atoms with E-state index in [4.69, 9.17) is 12.2 Å². The van der Waals surface area contributed by atoms with Gasteiger partial charge < -0.3 is 10.6 Å². The van der Waals surface area contributed by atoms with Crippen LogP contribution in [0.5, 0.6) is 0 Å². The Labute approximate surface area is 79.4 Å². The lowest BCUT2D eigenvalue weighted by Gasteiger charge is -2.33. The van der Waals surface area contributed by atoms with Crippen LogP contribution in [0, 0.1) is 0 Å². The van der Waals surface area contributed by atoms with Crippen molar-refractivity contribution in [2.75, 3.05) is 0 Å². The first kappa shape index (κ1) is 9.52. The van der Waals surface area contributed by atoms with Crippen molar-refractivity contribution in [1.82, 2.24) is 10.6 Å². The molecule has 0 bridgehead atoms. The molecule has 0 spiro atoms. The van der Waals surface area contributed by atoms with Crippen molar-refractivity contribution in [3.05, 3.63) is 11.8 Å². The fourth-order valence-corrected chi connectivity index (χ4v) is 1.64. The van der Waals surface area contributed by atoms with Gasteiger partial charge in [-0.25, -0.2) is 0 Å². The molecule has 1 aliphatic rings. The highest BCUT2D eigenvalue weighted by Gasteiger charge is 2.24. The summed E-state index contributed by atoms with van der Waals surface area (Å²) in [6, 6.07) is 0. The van der Waals surface area contributed by atoms with Crippen LogP contribution in [0.1, 0.15) is 33.6 Å². The van der Waals surface area contributed by atoms with Crippen LogP contribution in [-0.4, -0.2) is 10.7 Å². The van der Waals surface area contributed by atoms with E-state index in [1.807, 2.05) is 0 Å². The van der Waals surface area contributed by atoms with Crippen LogP contribution in [0.3, 0.4) is 0 Å². The van der Waals surface area contributed by atoms with Gasteiger partial charge in [0.2, 0.25) is 0 Å². The second kappa shape index (κ2) is 3.44. The minimum Gasteiger partial charge on any atom is -0.354 e. The summed E-state index contributed by atoms with van der Waals surface area (Å²) in [4.78, 5) is 0. The molecule has 0 amide bonds. The maximum atomic E-state index is 5.10. The fourth-order valence-electron chi connectivity index (χ4n) is 1.27. The summed E-state index contributed by atoms with van der Waals surface area (Å²) in [5.74, 6) is 0. The van der Waals surface area contributed by atoms with E-state index in [9.17, 15) is 0 Å². The van der Waals surface area contributed by atoms with Crippen molar-refractivity contribution in [3.63, 3.8) is 0 Å². The Morgan fingerprint density at radius 2 is 2.17 bits per heavy atom. The number of allylic oxidation sites excluding steroid dienone is 1. The molecule has 12 heavy (non-hydrogen) atoms. The quantitative estimate of drug-likeness (QED) is 0.641. The van der Waals surface area contributed by atoms with Crippen molar-refractivity contribution in [1.29, 1.82) is 0 Å². The molecule has 0 aromatic heterocycles. The number of hydrogen-bond acceptors (Lipinski definition) is 1. The fraction of sp³-hybridized carbons (Fsp3) is 0.667. The van der Waals surface area contributed by atoms with Crippen LogP contribution >= 0.6 is 12.2 Å². The largest absolute Gasteiger partial charge is 0.354 e. The smallest absolute Gasteiger partial charge is 0.171 e. The van der Waals surface area contributed by atoms with E-state index in [2.05, 4.69) is 37.5 Å². The molecular formula is C9H16N2S. The molecule has 0 radical (unpaired) electrons. The molecule has 3 heteroatoms. The summed E-state index contributed by atoms with van der Waals surface area (Å²) in [6.45, 7) is 6.45. The van der Waals surface area contributed by atoms with Crippen molar-refractivity contribution < 1.29 is 0 Å². The van der Waals surface area contributed by atoms with Crippen LogP contribution in [-0.2, 0) is 0 Å². The lowest BCUT2D eigenvalue weighted by molar-refractivity contribution is 0.481. The lowest BCUT2D eigenvalue weighted by Crippen LogP contribution is -2.52. The maximum Gasteiger partial charge on any atom is 0.171 e. The van der Waals surface area contributed by atoms with E-state index in [-0.39, 0.29) is 5.54 Å². The number of nitrogens with one attached hydrogen (secondary N) is 2. The van der Waals surface area contributed by atoms with E-state index in [1.165, 1.54) is 5.70 Å². The Balaban J connectivity index is 2.84. The Bertz CT molecular complexity index is 223. The van der Waals surface area contributed by atoms with Gasteiger partial charge in [-0.15, -0.1) is 0 Å². The van der Waals surface area contributed by atoms with Crippen molar-refractivity contribution in [3.8, 4) is 0 Å². The van der Waals surface area contributed by atoms with E-state index >= 15 is 0 Å². The predicted molar refractivity (Wildman–Crippen MR) is 55.9 cm³/mol. The van der Waals surface area contributed by atoms with Gasteiger partial charge in [-0.05, 0) is 38.1 Å². The standard InChI is InChI=1S/C9H16N2S/c1-4-7-6-9(3,5-2)11-8(12)10-7/h6H,4-5H2,1-3H3,(H2,10,11,12). The van der Waals surface area contributed by atoms with Gasteiger partial charge in [0, 0.05) is 5.70 Å². The third kappa shape index (κ3) is 1.97. The summed E-state index contributed by atoms with van der Waals surface area (Å²) in [6.07, 6.45) is 4.29. The highest BCUT2D eigenvalue weighted by molar-refractivity contribution is 7.80. The molecular weight excluding hydrogens is 168 g/mol. The first-order valence-corrected chi connectivity index (χ1v) is 4.81. The maximum absolute atomic E-state index is 5.10. The van der Waals surface area contributed by atoms with Gasteiger partial charge in [0.15, 0.2) is 5.11 Å². The van der Waals surface area contributed by atoms with Crippen molar-refractivity contribution in [2.24, 2.45) is 0 Å². The number of hydrogen-bond donors (Lipinski definition) is 2. The second-order valence-corrected chi connectivity index (χ2v) is 3.78. The Morgan fingerprint density at radius 1 is 1.50 bits per heavy atom. The summed E-state index contributed by atoms with van der Waals surface area (Å²) in [5, 5.41) is 7.14. The topological polar surface area (TPSA) is 24.1 Å². The molecule has 0 saturated carbocycles. The Hall–Kier alpha value is -0.570. The van der Waals surface area contributed by atoms with Crippen molar-refractivity contribution >= 4 is 17.3 Å². The molecule has 2 nitrogen and oxygen atoms in total. The van der Waals surface area contributed by atoms with E-state index in [0.29, 0.717) is 0 Å². The molecule has 2 N–H and O–H groups in total. The summed E-state index contributed by atoms with van der Waals surface area (Å²) >= 11 is 5.10. The minimum atomic E-state index is 0.0493. The molecule has 1 heterocycles. The van der Waals surface area contributed by atoms with Gasteiger partial charge in [0.05, 0.1) is 5.54 Å². The zero-order chi connectivity index (χ0) is 9.19. The van der Waals surface area contributed by atoms with Gasteiger partial charge in [0.1, 0.15) is 0 Å². The minimum absolute atomic E-state index is 0.0493. The summed E-state index contributed by atoms with van der Waals surface area (Å²) in [5.41, 5.74) is 1.27. The van der Waals surface area contributed by atoms with Crippen LogP contribution in [0.15, 0.2) is 11.8 Å². The van der Waals surface area contributed by atoms with Crippen LogP contribution in [0.2, 0.25) is 0 Å². The average Bonchev–Trinajstić information content (AvgIpc) is 2.03. The molecule has 1 atom stereocenters. The molecule has 0 saturated heterocycles. The highest BCUT2D eigenvalue weighted by atomic mass is 32.1. The molecule has 0 fully saturated rings. The second-order valence-electron chi connectivity index (χ2n) is 3.37. The van der Waals surface area contributed by atoms with Crippen LogP contribution < -0.4 is 10.6 Å². The van der Waals surface area contributed by atoms with E-state index in [0.717, 1.165) is 18.0 Å². The molecule has 0 aromatic carbocycles. The van der Waals surface area contributed by atoms with Gasteiger partial charge in [-0.2, -0.15) is 0 Å². The zero-order valence-electron chi connectivity index (χ0n) is 7.90. The summed E-state index contributed by atoms with van der Waals surface area (Å²) < 4.78 is 0. The van der Waals surface area contributed by atoms with Gasteiger partial charge in [0.25, 0.3) is 0 Å². The lowest BCUT2D eigenvalue weighted by atomic mass is 9.95. The van der Waals surface area contributed by atoms with Gasteiger partial charge in [-0.3, -0.25) is 0 Å². The molecule has 0 aliphatic carbocycles. The van der Waals surface area contributed by atoms with E-state index < -0.39 is 0 Å². The van der Waals surface area contributed by atoms with Gasteiger partial charge >= 0.3 is 0 Å². The summed E-state index contributed by atoms with van der Waals surface area (Å²) in [7, 11) is 0. The zero-order valence-corrected chi connectivity index (χ0v) is 8.72. The van der Waals surface area contributed by atoms with Crippen molar-refractivity contribution in [2.45, 2.75) is 39.2 Å². The first-order valence-electron chi connectivity index (χ1n) is 4.40. The monoisotopic (exact) mass is 184 g/mol. The van der Waals surface area contributed by atoms with Gasteiger partial charge in [-0.1, -0.05) is 13.8 Å². The highest BCUT2D eigenvalue weighted by Crippen LogP contribution is 2.17.